The first kappa shape index (κ1) is 12.5. The van der Waals surface area contributed by atoms with Gasteiger partial charge >= 0.3 is 0 Å². The van der Waals surface area contributed by atoms with Gasteiger partial charge < -0.3 is 10.2 Å². The van der Waals surface area contributed by atoms with Crippen molar-refractivity contribution >= 4 is 11.6 Å². The first-order valence-corrected chi connectivity index (χ1v) is 7.19. The summed E-state index contributed by atoms with van der Waals surface area (Å²) in [6, 6.07) is 1.82. The van der Waals surface area contributed by atoms with Gasteiger partial charge in [0.05, 0.1) is 17.4 Å². The first-order chi connectivity index (χ1) is 9.28. The van der Waals surface area contributed by atoms with Crippen LogP contribution in [0.3, 0.4) is 0 Å². The number of carbonyl (C=O) groups is 1. The third-order valence-corrected chi connectivity index (χ3v) is 3.96. The zero-order valence-electron chi connectivity index (χ0n) is 11.4. The zero-order valence-corrected chi connectivity index (χ0v) is 11.4. The standard InChI is InChI=1S/C15H21N3O/c1-16-14-8-17-7-6-13(14)15(19)18(9-11-2-3-11)10-12-4-5-12/h6-8,11-12,16H,2-5,9-10H2,1H3. The average Bonchev–Trinajstić information content (AvgIpc) is 3.32. The van der Waals surface area contributed by atoms with Gasteiger partial charge in [-0.3, -0.25) is 9.78 Å². The van der Waals surface area contributed by atoms with Crippen molar-refractivity contribution in [3.63, 3.8) is 0 Å². The van der Waals surface area contributed by atoms with Crippen LogP contribution in [-0.4, -0.2) is 35.9 Å². The van der Waals surface area contributed by atoms with Crippen molar-refractivity contribution < 1.29 is 4.79 Å². The summed E-state index contributed by atoms with van der Waals surface area (Å²) in [4.78, 5) is 18.8. The Morgan fingerprint density at radius 1 is 1.32 bits per heavy atom. The number of amides is 1. The van der Waals surface area contributed by atoms with Crippen molar-refractivity contribution in [2.45, 2.75) is 25.7 Å². The van der Waals surface area contributed by atoms with Gasteiger partial charge in [-0.25, -0.2) is 0 Å². The molecule has 102 valence electrons. The predicted octanol–water partition coefficient (Wildman–Crippen LogP) is 2.39. The highest BCUT2D eigenvalue weighted by Crippen LogP contribution is 2.34. The molecule has 0 radical (unpaired) electrons. The van der Waals surface area contributed by atoms with Crippen molar-refractivity contribution in [2.75, 3.05) is 25.5 Å². The third kappa shape index (κ3) is 3.06. The molecule has 0 saturated heterocycles. The topological polar surface area (TPSA) is 45.2 Å². The highest BCUT2D eigenvalue weighted by Gasteiger charge is 2.32. The van der Waals surface area contributed by atoms with Crippen LogP contribution < -0.4 is 5.32 Å². The second kappa shape index (κ2) is 5.19. The maximum atomic E-state index is 12.7. The summed E-state index contributed by atoms with van der Waals surface area (Å²) in [6.45, 7) is 1.86. The lowest BCUT2D eigenvalue weighted by atomic mass is 10.1. The lowest BCUT2D eigenvalue weighted by Gasteiger charge is -2.23. The van der Waals surface area contributed by atoms with Crippen LogP contribution in [-0.2, 0) is 0 Å². The van der Waals surface area contributed by atoms with Gasteiger partial charge in [0.15, 0.2) is 0 Å². The number of rotatable bonds is 6. The highest BCUT2D eigenvalue weighted by atomic mass is 16.2. The summed E-state index contributed by atoms with van der Waals surface area (Å²) in [5.74, 6) is 1.63. The van der Waals surface area contributed by atoms with E-state index in [1.807, 2.05) is 13.1 Å². The fourth-order valence-electron chi connectivity index (χ4n) is 2.42. The van der Waals surface area contributed by atoms with Gasteiger partial charge in [-0.15, -0.1) is 0 Å². The lowest BCUT2D eigenvalue weighted by Crippen LogP contribution is -2.35. The second-order valence-corrected chi connectivity index (χ2v) is 5.77. The Hall–Kier alpha value is -1.58. The van der Waals surface area contributed by atoms with E-state index in [1.165, 1.54) is 25.7 Å². The molecule has 2 aliphatic carbocycles. The van der Waals surface area contributed by atoms with E-state index in [0.717, 1.165) is 36.2 Å². The Bertz CT molecular complexity index is 452. The number of hydrogen-bond acceptors (Lipinski definition) is 3. The molecule has 0 bridgehead atoms. The molecule has 1 heterocycles. The van der Waals surface area contributed by atoms with Crippen molar-refractivity contribution in [1.82, 2.24) is 9.88 Å². The largest absolute Gasteiger partial charge is 0.386 e. The second-order valence-electron chi connectivity index (χ2n) is 5.77. The van der Waals surface area contributed by atoms with E-state index >= 15 is 0 Å². The van der Waals surface area contributed by atoms with Crippen LogP contribution >= 0.6 is 0 Å². The van der Waals surface area contributed by atoms with Gasteiger partial charge in [0, 0.05) is 26.3 Å². The minimum absolute atomic E-state index is 0.158. The van der Waals surface area contributed by atoms with Crippen LogP contribution in [0.4, 0.5) is 5.69 Å². The number of pyridine rings is 1. The monoisotopic (exact) mass is 259 g/mol. The molecule has 1 amide bonds. The Labute approximate surface area is 114 Å². The lowest BCUT2D eigenvalue weighted by molar-refractivity contribution is 0.0740. The van der Waals surface area contributed by atoms with E-state index in [-0.39, 0.29) is 5.91 Å². The Morgan fingerprint density at radius 3 is 2.47 bits per heavy atom. The molecule has 0 aliphatic heterocycles. The smallest absolute Gasteiger partial charge is 0.256 e. The molecule has 4 nitrogen and oxygen atoms in total. The number of nitrogens with one attached hydrogen (secondary N) is 1. The summed E-state index contributed by atoms with van der Waals surface area (Å²) in [5.41, 5.74) is 1.57. The fourth-order valence-corrected chi connectivity index (χ4v) is 2.42. The van der Waals surface area contributed by atoms with Crippen molar-refractivity contribution in [2.24, 2.45) is 11.8 Å². The molecule has 19 heavy (non-hydrogen) atoms. The normalized spacial score (nSPS) is 18.2. The molecule has 1 aromatic heterocycles. The minimum Gasteiger partial charge on any atom is -0.386 e. The molecule has 0 atom stereocenters. The Balaban J connectivity index is 1.76. The average molecular weight is 259 g/mol. The Kier molecular flexibility index (Phi) is 3.40. The van der Waals surface area contributed by atoms with E-state index < -0.39 is 0 Å². The van der Waals surface area contributed by atoms with Crippen molar-refractivity contribution in [3.05, 3.63) is 24.0 Å². The summed E-state index contributed by atoms with van der Waals surface area (Å²) in [6.07, 6.45) is 8.54. The van der Waals surface area contributed by atoms with Crippen LogP contribution in [0.1, 0.15) is 36.0 Å². The molecule has 2 fully saturated rings. The first-order valence-electron chi connectivity index (χ1n) is 7.19. The molecule has 4 heteroatoms. The number of anilines is 1. The molecule has 3 rings (SSSR count). The van der Waals surface area contributed by atoms with E-state index in [1.54, 1.807) is 12.4 Å². The molecule has 2 saturated carbocycles. The van der Waals surface area contributed by atoms with E-state index in [9.17, 15) is 4.79 Å². The van der Waals surface area contributed by atoms with Gasteiger partial charge in [-0.1, -0.05) is 0 Å². The van der Waals surface area contributed by atoms with Gasteiger partial charge in [0.1, 0.15) is 0 Å². The molecule has 2 aliphatic rings. The highest BCUT2D eigenvalue weighted by molar-refractivity contribution is 5.99. The fraction of sp³-hybridized carbons (Fsp3) is 0.600. The van der Waals surface area contributed by atoms with Crippen molar-refractivity contribution in [1.29, 1.82) is 0 Å². The van der Waals surface area contributed by atoms with E-state index in [0.29, 0.717) is 0 Å². The van der Waals surface area contributed by atoms with Crippen LogP contribution in [0, 0.1) is 11.8 Å². The summed E-state index contributed by atoms with van der Waals surface area (Å²) in [7, 11) is 1.83. The quantitative estimate of drug-likeness (QED) is 0.853. The van der Waals surface area contributed by atoms with E-state index in [2.05, 4.69) is 15.2 Å². The minimum atomic E-state index is 0.158. The van der Waals surface area contributed by atoms with Crippen LogP contribution in [0.2, 0.25) is 0 Å². The van der Waals surface area contributed by atoms with Gasteiger partial charge in [-0.2, -0.15) is 0 Å². The molecule has 0 spiro atoms. The van der Waals surface area contributed by atoms with E-state index in [4.69, 9.17) is 0 Å². The molecule has 1 aromatic rings. The summed E-state index contributed by atoms with van der Waals surface area (Å²) in [5, 5.41) is 3.06. The van der Waals surface area contributed by atoms with Crippen molar-refractivity contribution in [3.8, 4) is 0 Å². The van der Waals surface area contributed by atoms with Gasteiger partial charge in [0.25, 0.3) is 5.91 Å². The number of nitrogens with zero attached hydrogens (tertiary/aromatic N) is 2. The zero-order chi connectivity index (χ0) is 13.2. The summed E-state index contributed by atoms with van der Waals surface area (Å²) >= 11 is 0. The maximum Gasteiger partial charge on any atom is 0.256 e. The van der Waals surface area contributed by atoms with Crippen LogP contribution in [0.15, 0.2) is 18.5 Å². The third-order valence-electron chi connectivity index (χ3n) is 3.96. The van der Waals surface area contributed by atoms with Gasteiger partial charge in [0.2, 0.25) is 0 Å². The molecular weight excluding hydrogens is 238 g/mol. The molecule has 0 unspecified atom stereocenters. The predicted molar refractivity (Wildman–Crippen MR) is 75.1 cm³/mol. The molecular formula is C15H21N3O. The maximum absolute atomic E-state index is 12.7. The number of carbonyl (C=O) groups excluding carboxylic acids is 1. The Morgan fingerprint density at radius 2 is 1.95 bits per heavy atom. The summed E-state index contributed by atoms with van der Waals surface area (Å²) < 4.78 is 0. The van der Waals surface area contributed by atoms with Crippen LogP contribution in [0.25, 0.3) is 0 Å². The molecule has 1 N–H and O–H groups in total. The SMILES string of the molecule is CNc1cnccc1C(=O)N(CC1CC1)CC1CC1. The van der Waals surface area contributed by atoms with Crippen LogP contribution in [0.5, 0.6) is 0 Å². The number of hydrogen-bond donors (Lipinski definition) is 1. The molecule has 0 aromatic carbocycles. The van der Waals surface area contributed by atoms with Gasteiger partial charge in [-0.05, 0) is 43.6 Å². The number of aromatic nitrogens is 1.